The molecule has 0 fully saturated rings. The lowest BCUT2D eigenvalue weighted by Crippen LogP contribution is -2.46. The Morgan fingerprint density at radius 3 is 2.95 bits per heavy atom. The summed E-state index contributed by atoms with van der Waals surface area (Å²) in [7, 11) is 0. The van der Waals surface area contributed by atoms with Gasteiger partial charge in [-0.2, -0.15) is 11.8 Å². The topological polar surface area (TPSA) is 71.1 Å². The minimum atomic E-state index is -0.527. The number of hydrogen-bond acceptors (Lipinski definition) is 6. The molecule has 0 spiro atoms. The normalized spacial score (nSPS) is 11.9. The van der Waals surface area contributed by atoms with Crippen LogP contribution in [0.5, 0.6) is 0 Å². The Morgan fingerprint density at radius 2 is 2.32 bits per heavy atom. The molecule has 0 aliphatic heterocycles. The van der Waals surface area contributed by atoms with Crippen LogP contribution in [0, 0.1) is 0 Å². The van der Waals surface area contributed by atoms with Crippen molar-refractivity contribution in [2.24, 2.45) is 0 Å². The second-order valence-corrected chi connectivity index (χ2v) is 7.13. The molecule has 2 amide bonds. The molecule has 0 saturated carbocycles. The highest BCUT2D eigenvalue weighted by Gasteiger charge is 2.21. The van der Waals surface area contributed by atoms with Crippen molar-refractivity contribution in [2.45, 2.75) is 19.0 Å². The van der Waals surface area contributed by atoms with Crippen molar-refractivity contribution in [3.05, 3.63) is 39.0 Å². The number of nitrogens with zero attached hydrogens (tertiary/aromatic N) is 1. The number of thioether (sulfide) groups is 1. The van der Waals surface area contributed by atoms with Crippen LogP contribution >= 0.6 is 34.4 Å². The summed E-state index contributed by atoms with van der Waals surface area (Å²) in [5, 5.41) is 9.37. The summed E-state index contributed by atoms with van der Waals surface area (Å²) in [4.78, 5) is 29.1. The number of nitrogens with one attached hydrogen (secondary N) is 2. The summed E-state index contributed by atoms with van der Waals surface area (Å²) in [6.45, 7) is 0.382. The van der Waals surface area contributed by atoms with Gasteiger partial charge in [0.25, 0.3) is 5.91 Å². The van der Waals surface area contributed by atoms with Crippen LogP contribution in [-0.2, 0) is 11.3 Å². The number of carbonyl (C=O) groups excluding carboxylic acids is 2. The molecular weight excluding hydrogens is 338 g/mol. The molecule has 0 radical (unpaired) electrons. The molecule has 2 aromatic rings. The van der Waals surface area contributed by atoms with Gasteiger partial charge in [0.05, 0.1) is 22.6 Å². The molecule has 8 heteroatoms. The fraction of sp³-hybridized carbons (Fsp3) is 0.357. The van der Waals surface area contributed by atoms with Crippen molar-refractivity contribution in [1.29, 1.82) is 0 Å². The number of aromatic nitrogens is 1. The van der Waals surface area contributed by atoms with Gasteiger partial charge in [0.15, 0.2) is 0 Å². The van der Waals surface area contributed by atoms with E-state index in [1.165, 1.54) is 22.7 Å². The second-order valence-electron chi connectivity index (χ2n) is 4.48. The van der Waals surface area contributed by atoms with Gasteiger partial charge >= 0.3 is 0 Å². The summed E-state index contributed by atoms with van der Waals surface area (Å²) in [6.07, 6.45) is 2.58. The molecule has 0 unspecified atom stereocenters. The molecular formula is C14H17N3O2S3. The summed E-state index contributed by atoms with van der Waals surface area (Å²) < 4.78 is 0. The molecule has 0 saturated heterocycles. The van der Waals surface area contributed by atoms with E-state index in [2.05, 4.69) is 15.6 Å². The van der Waals surface area contributed by atoms with Gasteiger partial charge in [-0.25, -0.2) is 4.98 Å². The van der Waals surface area contributed by atoms with Crippen molar-refractivity contribution in [3.8, 4) is 0 Å². The SMILES string of the molecule is CSCC[C@H](NC(=O)c1cccs1)C(=O)NCc1cscn1. The van der Waals surface area contributed by atoms with E-state index in [-0.39, 0.29) is 11.8 Å². The summed E-state index contributed by atoms with van der Waals surface area (Å²) in [6, 6.07) is 3.04. The van der Waals surface area contributed by atoms with Crippen molar-refractivity contribution in [2.75, 3.05) is 12.0 Å². The Morgan fingerprint density at radius 1 is 1.45 bits per heavy atom. The zero-order chi connectivity index (χ0) is 15.8. The summed E-state index contributed by atoms with van der Waals surface area (Å²) >= 11 is 4.50. The highest BCUT2D eigenvalue weighted by molar-refractivity contribution is 7.98. The number of thiophene rings is 1. The van der Waals surface area contributed by atoms with Gasteiger partial charge in [0, 0.05) is 5.38 Å². The van der Waals surface area contributed by atoms with E-state index in [1.54, 1.807) is 23.3 Å². The van der Waals surface area contributed by atoms with E-state index in [0.717, 1.165) is 11.4 Å². The van der Waals surface area contributed by atoms with Gasteiger partial charge in [-0.1, -0.05) is 6.07 Å². The summed E-state index contributed by atoms with van der Waals surface area (Å²) in [5.74, 6) is 0.427. The molecule has 118 valence electrons. The first-order valence-electron chi connectivity index (χ1n) is 6.68. The van der Waals surface area contributed by atoms with E-state index in [9.17, 15) is 9.59 Å². The van der Waals surface area contributed by atoms with Crippen LogP contribution in [0.4, 0.5) is 0 Å². The average Bonchev–Trinajstić information content (AvgIpc) is 3.21. The molecule has 22 heavy (non-hydrogen) atoms. The zero-order valence-corrected chi connectivity index (χ0v) is 14.5. The van der Waals surface area contributed by atoms with Gasteiger partial charge in [0.2, 0.25) is 5.91 Å². The number of amides is 2. The smallest absolute Gasteiger partial charge is 0.261 e. The Labute approximate surface area is 141 Å². The van der Waals surface area contributed by atoms with E-state index in [1.807, 2.05) is 23.1 Å². The van der Waals surface area contributed by atoms with Gasteiger partial charge in [-0.15, -0.1) is 22.7 Å². The number of carbonyl (C=O) groups is 2. The lowest BCUT2D eigenvalue weighted by atomic mass is 10.2. The predicted molar refractivity (Wildman–Crippen MR) is 92.5 cm³/mol. The van der Waals surface area contributed by atoms with Crippen LogP contribution in [0.25, 0.3) is 0 Å². The van der Waals surface area contributed by atoms with Crippen molar-refractivity contribution < 1.29 is 9.59 Å². The maximum Gasteiger partial charge on any atom is 0.261 e. The van der Waals surface area contributed by atoms with Gasteiger partial charge in [-0.05, 0) is 29.9 Å². The van der Waals surface area contributed by atoms with Crippen LogP contribution < -0.4 is 10.6 Å². The molecule has 5 nitrogen and oxygen atoms in total. The standard InChI is InChI=1S/C14H17N3O2S3/c1-20-6-4-11(17-14(19)12-3-2-5-22-12)13(18)15-7-10-8-21-9-16-10/h2-3,5,8-9,11H,4,6-7H2,1H3,(H,15,18)(H,17,19)/t11-/m0/s1. The van der Waals surface area contributed by atoms with Crippen LogP contribution in [0.3, 0.4) is 0 Å². The second kappa shape index (κ2) is 8.92. The van der Waals surface area contributed by atoms with E-state index in [0.29, 0.717) is 17.8 Å². The third-order valence-electron chi connectivity index (χ3n) is 2.90. The molecule has 0 bridgehead atoms. The number of hydrogen-bond donors (Lipinski definition) is 2. The largest absolute Gasteiger partial charge is 0.349 e. The van der Waals surface area contributed by atoms with Crippen molar-refractivity contribution in [1.82, 2.24) is 15.6 Å². The van der Waals surface area contributed by atoms with Crippen LogP contribution in [-0.4, -0.2) is 34.8 Å². The van der Waals surface area contributed by atoms with Crippen LogP contribution in [0.1, 0.15) is 21.8 Å². The lowest BCUT2D eigenvalue weighted by molar-refractivity contribution is -0.123. The molecule has 2 rings (SSSR count). The highest BCUT2D eigenvalue weighted by Crippen LogP contribution is 2.10. The average molecular weight is 356 g/mol. The lowest BCUT2D eigenvalue weighted by Gasteiger charge is -2.17. The minimum Gasteiger partial charge on any atom is -0.349 e. The fourth-order valence-electron chi connectivity index (χ4n) is 1.77. The van der Waals surface area contributed by atoms with Gasteiger partial charge in [0.1, 0.15) is 6.04 Å². The number of rotatable bonds is 8. The van der Waals surface area contributed by atoms with Crippen molar-refractivity contribution >= 4 is 46.2 Å². The molecule has 1 atom stereocenters. The van der Waals surface area contributed by atoms with Gasteiger partial charge in [-0.3, -0.25) is 9.59 Å². The monoisotopic (exact) mass is 355 g/mol. The molecule has 0 aliphatic rings. The Balaban J connectivity index is 1.92. The third kappa shape index (κ3) is 5.11. The van der Waals surface area contributed by atoms with Crippen molar-refractivity contribution in [3.63, 3.8) is 0 Å². The van der Waals surface area contributed by atoms with Crippen LogP contribution in [0.2, 0.25) is 0 Å². The molecule has 2 aromatic heterocycles. The van der Waals surface area contributed by atoms with Crippen LogP contribution in [0.15, 0.2) is 28.4 Å². The zero-order valence-electron chi connectivity index (χ0n) is 12.1. The van der Waals surface area contributed by atoms with E-state index < -0.39 is 6.04 Å². The first-order chi connectivity index (χ1) is 10.7. The Hall–Kier alpha value is -1.38. The summed E-state index contributed by atoms with van der Waals surface area (Å²) in [5.41, 5.74) is 2.55. The maximum atomic E-state index is 12.3. The maximum absolute atomic E-state index is 12.3. The highest BCUT2D eigenvalue weighted by atomic mass is 32.2. The quantitative estimate of drug-likeness (QED) is 0.763. The first kappa shape index (κ1) is 17.0. The molecule has 0 aromatic carbocycles. The molecule has 2 N–H and O–H groups in total. The third-order valence-corrected chi connectivity index (χ3v) is 5.05. The Bertz CT molecular complexity index is 585. The minimum absolute atomic E-state index is 0.174. The predicted octanol–water partition coefficient (Wildman–Crippen LogP) is 2.37. The fourth-order valence-corrected chi connectivity index (χ4v) is 3.42. The van der Waals surface area contributed by atoms with Gasteiger partial charge < -0.3 is 10.6 Å². The Kier molecular flexibility index (Phi) is 6.88. The van der Waals surface area contributed by atoms with E-state index >= 15 is 0 Å². The molecule has 2 heterocycles. The van der Waals surface area contributed by atoms with E-state index in [4.69, 9.17) is 0 Å². The first-order valence-corrected chi connectivity index (χ1v) is 9.90. The molecule has 0 aliphatic carbocycles. The number of thiazole rings is 1.